The van der Waals surface area contributed by atoms with E-state index in [2.05, 4.69) is 10.4 Å². The highest BCUT2D eigenvalue weighted by molar-refractivity contribution is 6.22. The van der Waals surface area contributed by atoms with Crippen LogP contribution in [0, 0.1) is 6.92 Å². The Morgan fingerprint density at radius 2 is 1.83 bits per heavy atom. The standard InChI is InChI=1S/C21H19N5O3/c1-10-17-15(9-16(11-4-5-11)23-18(17)26(3)24-10)19(27)22-12-6-7-13-14(8-12)21(29)25(2)20(13)28/h6-9,11H,4-5H2,1-3H3,(H,22,27). The molecule has 1 N–H and O–H groups in total. The van der Waals surface area contributed by atoms with E-state index in [-0.39, 0.29) is 17.7 Å². The van der Waals surface area contributed by atoms with E-state index in [9.17, 15) is 14.4 Å². The normalized spacial score (nSPS) is 15.9. The van der Waals surface area contributed by atoms with E-state index in [4.69, 9.17) is 4.98 Å². The summed E-state index contributed by atoms with van der Waals surface area (Å²) in [7, 11) is 3.27. The number of imide groups is 1. The largest absolute Gasteiger partial charge is 0.322 e. The summed E-state index contributed by atoms with van der Waals surface area (Å²) in [6, 6.07) is 6.60. The lowest BCUT2D eigenvalue weighted by molar-refractivity contribution is 0.0692. The summed E-state index contributed by atoms with van der Waals surface area (Å²) in [5, 5.41) is 8.01. The van der Waals surface area contributed by atoms with Gasteiger partial charge in [0.15, 0.2) is 5.65 Å². The fourth-order valence-corrected chi connectivity index (χ4v) is 3.87. The quantitative estimate of drug-likeness (QED) is 0.695. The number of rotatable bonds is 3. The molecule has 1 fully saturated rings. The number of benzene rings is 1. The number of amides is 3. The van der Waals surface area contributed by atoms with E-state index < -0.39 is 0 Å². The Balaban J connectivity index is 1.55. The lowest BCUT2D eigenvalue weighted by Gasteiger charge is -2.09. The van der Waals surface area contributed by atoms with Gasteiger partial charge in [0.05, 0.1) is 27.8 Å². The fourth-order valence-electron chi connectivity index (χ4n) is 3.87. The van der Waals surface area contributed by atoms with Crippen molar-refractivity contribution in [2.45, 2.75) is 25.7 Å². The van der Waals surface area contributed by atoms with Crippen LogP contribution < -0.4 is 5.32 Å². The Bertz CT molecular complexity index is 1240. The Morgan fingerprint density at radius 1 is 1.10 bits per heavy atom. The first-order valence-corrected chi connectivity index (χ1v) is 9.47. The molecule has 1 aromatic carbocycles. The first-order chi connectivity index (χ1) is 13.8. The first kappa shape index (κ1) is 17.5. The maximum Gasteiger partial charge on any atom is 0.261 e. The smallest absolute Gasteiger partial charge is 0.261 e. The van der Waals surface area contributed by atoms with Crippen LogP contribution in [0.15, 0.2) is 24.3 Å². The molecule has 2 aromatic heterocycles. The van der Waals surface area contributed by atoms with Gasteiger partial charge in [0.25, 0.3) is 17.7 Å². The highest BCUT2D eigenvalue weighted by Crippen LogP contribution is 2.40. The van der Waals surface area contributed by atoms with Crippen LogP contribution in [0.2, 0.25) is 0 Å². The van der Waals surface area contributed by atoms with E-state index in [0.717, 1.165) is 34.5 Å². The van der Waals surface area contributed by atoms with Gasteiger partial charge in [-0.15, -0.1) is 0 Å². The lowest BCUT2D eigenvalue weighted by Crippen LogP contribution is -2.24. The molecule has 0 bridgehead atoms. The van der Waals surface area contributed by atoms with E-state index in [1.165, 1.54) is 7.05 Å². The summed E-state index contributed by atoms with van der Waals surface area (Å²) >= 11 is 0. The number of nitrogens with one attached hydrogen (secondary N) is 1. The number of anilines is 1. The summed E-state index contributed by atoms with van der Waals surface area (Å²) in [5.74, 6) is -0.605. The minimum Gasteiger partial charge on any atom is -0.322 e. The average Bonchev–Trinajstić information content (AvgIpc) is 3.48. The van der Waals surface area contributed by atoms with Crippen LogP contribution in [-0.2, 0) is 7.05 Å². The molecule has 0 saturated heterocycles. The number of hydrogen-bond acceptors (Lipinski definition) is 5. The third-order valence-corrected chi connectivity index (χ3v) is 5.58. The van der Waals surface area contributed by atoms with Gasteiger partial charge in [-0.1, -0.05) is 0 Å². The number of aromatic nitrogens is 3. The molecule has 0 spiro atoms. The topological polar surface area (TPSA) is 97.2 Å². The second-order valence-electron chi connectivity index (χ2n) is 7.66. The van der Waals surface area contributed by atoms with E-state index >= 15 is 0 Å². The molecule has 3 heterocycles. The van der Waals surface area contributed by atoms with Gasteiger partial charge in [0, 0.05) is 31.4 Å². The zero-order chi connectivity index (χ0) is 20.4. The summed E-state index contributed by atoms with van der Waals surface area (Å²) in [5.41, 5.74) is 3.95. The van der Waals surface area contributed by atoms with E-state index in [0.29, 0.717) is 33.9 Å². The highest BCUT2D eigenvalue weighted by atomic mass is 16.2. The molecule has 29 heavy (non-hydrogen) atoms. The molecule has 8 heteroatoms. The van der Waals surface area contributed by atoms with Crippen LogP contribution >= 0.6 is 0 Å². The molecule has 0 radical (unpaired) electrons. The van der Waals surface area contributed by atoms with Crippen LogP contribution in [0.3, 0.4) is 0 Å². The number of carbonyl (C=O) groups is 3. The maximum absolute atomic E-state index is 13.2. The Morgan fingerprint density at radius 3 is 2.55 bits per heavy atom. The molecule has 2 aliphatic rings. The number of nitrogens with zero attached hydrogens (tertiary/aromatic N) is 4. The zero-order valence-corrected chi connectivity index (χ0v) is 16.3. The third kappa shape index (κ3) is 2.63. The summed E-state index contributed by atoms with van der Waals surface area (Å²) in [4.78, 5) is 43.2. The van der Waals surface area contributed by atoms with Gasteiger partial charge >= 0.3 is 0 Å². The van der Waals surface area contributed by atoms with Crippen LogP contribution in [-0.4, -0.2) is 44.4 Å². The van der Waals surface area contributed by atoms with Crippen molar-refractivity contribution in [2.75, 3.05) is 12.4 Å². The second-order valence-corrected chi connectivity index (χ2v) is 7.66. The predicted molar refractivity (Wildman–Crippen MR) is 106 cm³/mol. The van der Waals surface area contributed by atoms with Crippen molar-refractivity contribution in [3.8, 4) is 0 Å². The first-order valence-electron chi connectivity index (χ1n) is 9.47. The maximum atomic E-state index is 13.2. The summed E-state index contributed by atoms with van der Waals surface area (Å²) in [6.07, 6.45) is 2.15. The highest BCUT2D eigenvalue weighted by Gasteiger charge is 2.33. The minimum absolute atomic E-state index is 0.291. The Labute approximate surface area is 166 Å². The van der Waals surface area contributed by atoms with Crippen molar-refractivity contribution in [1.29, 1.82) is 0 Å². The summed E-state index contributed by atoms with van der Waals surface area (Å²) < 4.78 is 1.70. The predicted octanol–water partition coefficient (Wildman–Crippen LogP) is 2.63. The van der Waals surface area contributed by atoms with Crippen molar-refractivity contribution in [1.82, 2.24) is 19.7 Å². The second kappa shape index (κ2) is 5.97. The van der Waals surface area contributed by atoms with Gasteiger partial charge in [0.2, 0.25) is 0 Å². The third-order valence-electron chi connectivity index (χ3n) is 5.58. The SMILES string of the molecule is Cc1nn(C)c2nc(C3CC3)cc(C(=O)Nc3ccc4c(c3)C(=O)N(C)C4=O)c12. The number of fused-ring (bicyclic) bond motifs is 2. The fraction of sp³-hybridized carbons (Fsp3) is 0.286. The van der Waals surface area contributed by atoms with Crippen molar-refractivity contribution >= 4 is 34.4 Å². The average molecular weight is 389 g/mol. The summed E-state index contributed by atoms with van der Waals surface area (Å²) in [6.45, 7) is 1.85. The molecule has 1 aliphatic carbocycles. The molecule has 1 aliphatic heterocycles. The molecule has 0 unspecified atom stereocenters. The minimum atomic E-state index is -0.369. The molecule has 3 amide bonds. The zero-order valence-electron chi connectivity index (χ0n) is 16.3. The molecule has 8 nitrogen and oxygen atoms in total. The van der Waals surface area contributed by atoms with Gasteiger partial charge in [0.1, 0.15) is 0 Å². The van der Waals surface area contributed by atoms with Crippen molar-refractivity contribution in [3.05, 3.63) is 52.3 Å². The number of aryl methyl sites for hydroxylation is 2. The molecule has 0 atom stereocenters. The van der Waals surface area contributed by atoms with Crippen molar-refractivity contribution < 1.29 is 14.4 Å². The van der Waals surface area contributed by atoms with Gasteiger partial charge < -0.3 is 5.32 Å². The number of hydrogen-bond donors (Lipinski definition) is 1. The molecule has 3 aromatic rings. The Kier molecular flexibility index (Phi) is 3.61. The van der Waals surface area contributed by atoms with Crippen LogP contribution in [0.5, 0.6) is 0 Å². The van der Waals surface area contributed by atoms with Crippen molar-refractivity contribution in [3.63, 3.8) is 0 Å². The Hall–Kier alpha value is -3.55. The number of carbonyl (C=O) groups excluding carboxylic acids is 3. The molecular weight excluding hydrogens is 370 g/mol. The van der Waals surface area contributed by atoms with Gasteiger partial charge in [-0.2, -0.15) is 5.10 Å². The van der Waals surface area contributed by atoms with Crippen LogP contribution in [0.1, 0.15) is 61.2 Å². The van der Waals surface area contributed by atoms with Crippen LogP contribution in [0.4, 0.5) is 5.69 Å². The van der Waals surface area contributed by atoms with Gasteiger partial charge in [-0.3, -0.25) is 24.0 Å². The van der Waals surface area contributed by atoms with Crippen molar-refractivity contribution in [2.24, 2.45) is 7.05 Å². The van der Waals surface area contributed by atoms with Gasteiger partial charge in [-0.25, -0.2) is 4.98 Å². The van der Waals surface area contributed by atoms with E-state index in [1.54, 1.807) is 22.9 Å². The molecule has 5 rings (SSSR count). The van der Waals surface area contributed by atoms with Gasteiger partial charge in [-0.05, 0) is 44.0 Å². The molecular formula is C21H19N5O3. The number of pyridine rings is 1. The molecule has 1 saturated carbocycles. The molecule has 146 valence electrons. The van der Waals surface area contributed by atoms with Crippen LogP contribution in [0.25, 0.3) is 11.0 Å². The van der Waals surface area contributed by atoms with E-state index in [1.807, 2.05) is 20.0 Å². The lowest BCUT2D eigenvalue weighted by atomic mass is 10.1. The monoisotopic (exact) mass is 389 g/mol.